The molecule has 0 bridgehead atoms. The Kier molecular flexibility index (Phi) is 45.0. The van der Waals surface area contributed by atoms with E-state index in [9.17, 15) is 40.5 Å². The summed E-state index contributed by atoms with van der Waals surface area (Å²) in [5.41, 5.74) is 3.04. The molecule has 0 spiro atoms. The van der Waals surface area contributed by atoms with Crippen molar-refractivity contribution in [2.45, 2.75) is 185 Å². The van der Waals surface area contributed by atoms with Crippen molar-refractivity contribution in [3.63, 3.8) is 0 Å². The molecule has 12 rings (SSSR count). The Bertz CT molecular complexity index is 3340. The summed E-state index contributed by atoms with van der Waals surface area (Å²) in [4.78, 5) is 37.3. The van der Waals surface area contributed by atoms with Gasteiger partial charge in [0.25, 0.3) is 0 Å². The van der Waals surface area contributed by atoms with Gasteiger partial charge in [-0.05, 0) is 22.3 Å². The van der Waals surface area contributed by atoms with E-state index in [0.717, 1.165) is 46.0 Å². The van der Waals surface area contributed by atoms with Crippen LogP contribution in [-0.4, -0.2) is 326 Å². The monoisotopic (exact) mass is 1680 g/mol. The standard InChI is InChI=1S/C25H32N2O4S.C25H30N2O4S.2C10H18N2O5S.C2H6.CH4O.BCl3.B.Na.H/c2*1-17-22(20(14-28)29-15-18-10-6-4-7-11-18)31-24-21(26-25(32-24)27(2)3)23(17)30-16-19-12-8-5-9-13-19;2*1-12(2)10-11-5-6(15)7(16)8(4(14)3-13)17-9(5)18-10;2*1-2;2-1(3)4;;;/h4-13,17,20-24,28H,14-16H2,1-3H3;4-14,17,20-24H,15-16H2,1-3H3;2*4-9,13-16H,3H2,1-2H3;1-2H3;2H,1H3;;;;/q;;;;;;;;+1;-1/t2*17-,20?,21-,22+,23+,24-;4-,5+,6+,7-,8+,9+;4-,5-,6-,7+,8-,9-;;;;;;/m1101....../s1/i;;;;1D;;;;;. The zero-order chi connectivity index (χ0) is 80.2. The summed E-state index contributed by atoms with van der Waals surface area (Å²) in [5.74, 6) is -0.0736. The number of benzene rings is 4. The summed E-state index contributed by atoms with van der Waals surface area (Å²) >= 11 is 20.3. The van der Waals surface area contributed by atoms with Crippen molar-refractivity contribution in [1.29, 1.82) is 0 Å². The van der Waals surface area contributed by atoms with Crippen LogP contribution < -0.4 is 29.6 Å². The molecule has 4 fully saturated rings. The number of ether oxygens (including phenoxy) is 8. The smallest absolute Gasteiger partial charge is 1.00 e. The van der Waals surface area contributed by atoms with Gasteiger partial charge in [0.05, 0.1) is 70.7 Å². The summed E-state index contributed by atoms with van der Waals surface area (Å²) in [7, 11) is 16.2. The number of hydrogen-bond donors (Lipinski definition) is 10. The van der Waals surface area contributed by atoms with E-state index in [4.69, 9.17) is 99.0 Å². The first kappa shape index (κ1) is 97.7. The number of fused-ring (bicyclic) bond motifs is 4. The molecule has 110 heavy (non-hydrogen) atoms. The zero-order valence-electron chi connectivity index (χ0n) is 66.3. The average Bonchev–Trinajstić information content (AvgIpc) is 1.64. The van der Waals surface area contributed by atoms with Crippen LogP contribution in [0.2, 0.25) is 0 Å². The number of rotatable bonds is 20. The van der Waals surface area contributed by atoms with Gasteiger partial charge in [0.1, 0.15) is 107 Å². The van der Waals surface area contributed by atoms with E-state index < -0.39 is 108 Å². The number of aliphatic hydroxyl groups is 10. The van der Waals surface area contributed by atoms with E-state index in [1.807, 2.05) is 175 Å². The molecule has 4 saturated heterocycles. The van der Waals surface area contributed by atoms with Crippen molar-refractivity contribution >= 4 is 122 Å². The molecule has 3 radical (unpaired) electrons. The van der Waals surface area contributed by atoms with Gasteiger partial charge in [0.2, 0.25) is 0 Å². The normalized spacial score (nSPS) is 30.3. The molecule has 8 aliphatic rings. The number of hydrogen-bond acceptors (Lipinski definition) is 31. The molecular weight excluding hydrogens is 1570 g/mol. The first-order valence-corrected chi connectivity index (χ1v) is 39.9. The third-order valence-electron chi connectivity index (χ3n) is 17.9. The second kappa shape index (κ2) is 50.7. The van der Waals surface area contributed by atoms with Crippen LogP contribution in [0.4, 0.5) is 0 Å². The topological polar surface area (TPSA) is 356 Å². The number of carbonyl (C=O) groups excluding carboxylic acids is 1. The zero-order valence-corrected chi connectivity index (χ0v) is 71.8. The van der Waals surface area contributed by atoms with Gasteiger partial charge in [-0.2, -0.15) is 34.4 Å². The largest absolute Gasteiger partial charge is 1.00 e. The predicted octanol–water partition coefficient (Wildman–Crippen LogP) is 1.99. The molecule has 27 nitrogen and oxygen atoms in total. The molecule has 8 heterocycles. The number of thioether (sulfide) groups is 4. The van der Waals surface area contributed by atoms with Crippen molar-refractivity contribution in [2.24, 2.45) is 31.8 Å². The number of halogens is 3. The summed E-state index contributed by atoms with van der Waals surface area (Å²) in [5, 5.41) is 97.1. The molecule has 2 unspecified atom stereocenters. The van der Waals surface area contributed by atoms with E-state index in [-0.39, 0.29) is 99.1 Å². The minimum Gasteiger partial charge on any atom is -1.00 e. The number of aliphatic hydroxyl groups excluding tert-OH is 10. The molecule has 4 aromatic rings. The quantitative estimate of drug-likeness (QED) is 0.0447. The van der Waals surface area contributed by atoms with Gasteiger partial charge in [-0.15, -0.1) is 0 Å². The van der Waals surface area contributed by atoms with Gasteiger partial charge in [-0.3, -0.25) is 20.0 Å². The Morgan fingerprint density at radius 3 is 1.06 bits per heavy atom. The molecule has 0 aromatic heterocycles. The van der Waals surface area contributed by atoms with Crippen molar-refractivity contribution in [2.75, 3.05) is 83.3 Å². The number of carbonyl (C=O) groups is 1. The average molecular weight is 1680 g/mol. The molecule has 10 N–H and O–H groups in total. The van der Waals surface area contributed by atoms with Crippen LogP contribution >= 0.6 is 81.4 Å². The SMILES string of the molecule is CN(C)C1=N[C@@H]2[C@@H](O)[C@H](O)[C@@H]([C@@H](O)CO)O[C@@H]2S1.CN(C)C1=N[C@@H]2[C@@H](O)[C@H](O)[C@@H]([C@H](O)CO)O[C@@H]2S1.CO.C[C@H]1[C@H](OCc2ccccc2)[C@H]2N=C(N(C)C)S[C@H]2O[C@@H]1C(C=O)OCc1ccccc1.C[C@H]1[C@H](OCc2ccccc2)[C@H]2N=C(N(C)C)S[C@H]2O[C@@H]1C(CO)OCc1ccccc1.ClB(Cl)Cl.[2H]CC.[B].[H-].[Na+]. The van der Waals surface area contributed by atoms with Crippen LogP contribution in [0.1, 0.15) is 52.7 Å². The van der Waals surface area contributed by atoms with Gasteiger partial charge in [0.15, 0.2) is 27.0 Å². The summed E-state index contributed by atoms with van der Waals surface area (Å²) in [6.45, 7) is 7.07. The molecule has 607 valence electrons. The third kappa shape index (κ3) is 28.2. The number of aliphatic imine (C=N–C) groups is 4. The first-order chi connectivity index (χ1) is 52.2. The van der Waals surface area contributed by atoms with Gasteiger partial charge >= 0.3 is 34.5 Å². The summed E-state index contributed by atoms with van der Waals surface area (Å²) in [6.07, 6.45) is -10.5. The van der Waals surface area contributed by atoms with Gasteiger partial charge in [-0.1, -0.05) is 196 Å². The fraction of sp³-hybridized carbons (Fsp3) is 0.603. The Hall–Kier alpha value is -2.89. The summed E-state index contributed by atoms with van der Waals surface area (Å²) < 4.78 is 55.2. The van der Waals surface area contributed by atoms with E-state index in [2.05, 4.69) is 36.0 Å². The maximum Gasteiger partial charge on any atom is 1.00 e. The molecular formula is C73H109B2Cl3N8NaO19S4. The molecule has 37 heteroatoms. The fourth-order valence-corrected chi connectivity index (χ4v) is 16.9. The van der Waals surface area contributed by atoms with Gasteiger partial charge in [-0.25, -0.2) is 0 Å². The Morgan fingerprint density at radius 1 is 0.491 bits per heavy atom. The molecule has 0 aliphatic carbocycles. The first-order valence-electron chi connectivity index (χ1n) is 35.8. The Morgan fingerprint density at radius 2 is 0.764 bits per heavy atom. The van der Waals surface area contributed by atoms with Crippen molar-refractivity contribution in [3.05, 3.63) is 144 Å². The van der Waals surface area contributed by atoms with Crippen molar-refractivity contribution in [3.8, 4) is 0 Å². The Balaban J connectivity index is 0.000000380. The van der Waals surface area contributed by atoms with Crippen LogP contribution in [0.3, 0.4) is 0 Å². The third-order valence-corrected chi connectivity index (χ3v) is 23.1. The number of aldehydes is 1. The summed E-state index contributed by atoms with van der Waals surface area (Å²) in [6, 6.07) is 38.8. The molecule has 0 amide bonds. The maximum atomic E-state index is 12.0. The van der Waals surface area contributed by atoms with Crippen LogP contribution in [0.25, 0.3) is 0 Å². The van der Waals surface area contributed by atoms with Crippen molar-refractivity contribution < 1.29 is 126 Å². The van der Waals surface area contributed by atoms with Crippen LogP contribution in [0.5, 0.6) is 0 Å². The van der Waals surface area contributed by atoms with Crippen LogP contribution in [-0.2, 0) is 69.1 Å². The maximum absolute atomic E-state index is 12.0. The van der Waals surface area contributed by atoms with E-state index >= 15 is 0 Å². The fourth-order valence-electron chi connectivity index (χ4n) is 12.3. The van der Waals surface area contributed by atoms with E-state index in [1.54, 1.807) is 40.2 Å². The number of amidine groups is 4. The molecule has 0 saturated carbocycles. The second-order valence-corrected chi connectivity index (χ2v) is 32.6. The van der Waals surface area contributed by atoms with Crippen LogP contribution in [0, 0.1) is 11.8 Å². The molecule has 4 aromatic carbocycles. The molecule has 24 atom stereocenters. The Labute approximate surface area is 706 Å². The van der Waals surface area contributed by atoms with Gasteiger partial charge < -0.3 is 115 Å². The minimum absolute atomic E-state index is 0. The van der Waals surface area contributed by atoms with Crippen molar-refractivity contribution in [1.82, 2.24) is 19.6 Å². The minimum atomic E-state index is -1.26. The second-order valence-electron chi connectivity index (χ2n) is 26.4. The van der Waals surface area contributed by atoms with E-state index in [0.29, 0.717) is 43.7 Å². The van der Waals surface area contributed by atoms with Crippen LogP contribution in [0.15, 0.2) is 141 Å². The van der Waals surface area contributed by atoms with Gasteiger partial charge in [0, 0.05) is 85.1 Å². The number of nitrogens with zero attached hydrogens (tertiary/aromatic N) is 8. The van der Waals surface area contributed by atoms with E-state index in [1.165, 1.54) is 23.5 Å². The molecule has 8 aliphatic heterocycles. The predicted molar refractivity (Wildman–Crippen MR) is 436 cm³/mol.